The van der Waals surface area contributed by atoms with Gasteiger partial charge in [-0.1, -0.05) is 30.3 Å². The van der Waals surface area contributed by atoms with E-state index in [4.69, 9.17) is 5.73 Å². The zero-order valence-electron chi connectivity index (χ0n) is 11.4. The first-order chi connectivity index (χ1) is 10.2. The third-order valence-corrected chi connectivity index (χ3v) is 3.34. The fraction of sp³-hybridized carbons (Fsp3) is 0.0588. The molecule has 1 amide bonds. The van der Waals surface area contributed by atoms with Gasteiger partial charge in [-0.05, 0) is 23.3 Å². The molecule has 104 valence electrons. The third-order valence-electron chi connectivity index (χ3n) is 3.34. The molecule has 0 aliphatic rings. The van der Waals surface area contributed by atoms with E-state index in [2.05, 4.69) is 4.98 Å². The fourth-order valence-corrected chi connectivity index (χ4v) is 2.34. The van der Waals surface area contributed by atoms with E-state index < -0.39 is 5.91 Å². The van der Waals surface area contributed by atoms with Gasteiger partial charge in [0.2, 0.25) is 0 Å². The number of nitrogens with zero attached hydrogens (tertiary/aromatic N) is 2. The van der Waals surface area contributed by atoms with Gasteiger partial charge in [0.15, 0.2) is 0 Å². The quantitative estimate of drug-likeness (QED) is 0.797. The van der Waals surface area contributed by atoms with E-state index in [9.17, 15) is 4.79 Å². The van der Waals surface area contributed by atoms with Crippen LogP contribution in [0.4, 0.5) is 0 Å². The highest BCUT2D eigenvalue weighted by Crippen LogP contribution is 2.24. The standard InChI is InChI=1S/C17H15N3O/c18-17(21)16-12-20(10-13-6-8-19-9-7-13)11-15(16)14-4-2-1-3-5-14/h1-9,11-12H,10H2,(H2,18,21). The summed E-state index contributed by atoms with van der Waals surface area (Å²) in [5.74, 6) is -0.415. The second kappa shape index (κ2) is 5.63. The van der Waals surface area contributed by atoms with Crippen LogP contribution in [0.3, 0.4) is 0 Å². The molecule has 0 spiro atoms. The van der Waals surface area contributed by atoms with Crippen LogP contribution in [0.25, 0.3) is 11.1 Å². The zero-order valence-corrected chi connectivity index (χ0v) is 11.4. The number of hydrogen-bond donors (Lipinski definition) is 1. The molecule has 3 rings (SSSR count). The van der Waals surface area contributed by atoms with Gasteiger partial charge < -0.3 is 10.3 Å². The van der Waals surface area contributed by atoms with Crippen LogP contribution >= 0.6 is 0 Å². The summed E-state index contributed by atoms with van der Waals surface area (Å²) in [5.41, 5.74) is 9.00. The van der Waals surface area contributed by atoms with Crippen molar-refractivity contribution >= 4 is 5.91 Å². The molecular formula is C17H15N3O. The summed E-state index contributed by atoms with van der Waals surface area (Å²) in [6.45, 7) is 0.676. The maximum Gasteiger partial charge on any atom is 0.250 e. The number of amides is 1. The number of nitrogens with two attached hydrogens (primary N) is 1. The maximum absolute atomic E-state index is 11.7. The molecule has 0 atom stereocenters. The van der Waals surface area contributed by atoms with Gasteiger partial charge in [-0.3, -0.25) is 9.78 Å². The SMILES string of the molecule is NC(=O)c1cn(Cc2ccncc2)cc1-c1ccccc1. The minimum Gasteiger partial charge on any atom is -0.366 e. The highest BCUT2D eigenvalue weighted by molar-refractivity contribution is 5.99. The van der Waals surface area contributed by atoms with Crippen molar-refractivity contribution in [3.63, 3.8) is 0 Å². The first-order valence-corrected chi connectivity index (χ1v) is 6.68. The van der Waals surface area contributed by atoms with Crippen molar-refractivity contribution < 1.29 is 4.79 Å². The Morgan fingerprint density at radius 1 is 1.05 bits per heavy atom. The Kier molecular flexibility index (Phi) is 3.51. The lowest BCUT2D eigenvalue weighted by Gasteiger charge is -2.02. The highest BCUT2D eigenvalue weighted by Gasteiger charge is 2.13. The number of benzene rings is 1. The summed E-state index contributed by atoms with van der Waals surface area (Å²) >= 11 is 0. The molecule has 2 aromatic heterocycles. The van der Waals surface area contributed by atoms with Crippen molar-refractivity contribution in [1.29, 1.82) is 0 Å². The smallest absolute Gasteiger partial charge is 0.250 e. The molecule has 3 aromatic rings. The highest BCUT2D eigenvalue weighted by atomic mass is 16.1. The Labute approximate surface area is 122 Å². The topological polar surface area (TPSA) is 60.9 Å². The summed E-state index contributed by atoms with van der Waals surface area (Å²) in [6.07, 6.45) is 7.26. The van der Waals surface area contributed by atoms with Crippen molar-refractivity contribution in [1.82, 2.24) is 9.55 Å². The lowest BCUT2D eigenvalue weighted by Crippen LogP contribution is -2.11. The largest absolute Gasteiger partial charge is 0.366 e. The van der Waals surface area contributed by atoms with Gasteiger partial charge in [-0.15, -0.1) is 0 Å². The van der Waals surface area contributed by atoms with E-state index in [-0.39, 0.29) is 0 Å². The number of hydrogen-bond acceptors (Lipinski definition) is 2. The number of pyridine rings is 1. The van der Waals surface area contributed by atoms with E-state index in [1.54, 1.807) is 18.6 Å². The van der Waals surface area contributed by atoms with Crippen LogP contribution in [-0.2, 0) is 6.54 Å². The average molecular weight is 277 g/mol. The molecule has 4 heteroatoms. The van der Waals surface area contributed by atoms with Crippen molar-refractivity contribution in [2.45, 2.75) is 6.54 Å². The predicted molar refractivity (Wildman–Crippen MR) is 81.7 cm³/mol. The molecular weight excluding hydrogens is 262 g/mol. The third kappa shape index (κ3) is 2.84. The first-order valence-electron chi connectivity index (χ1n) is 6.68. The molecule has 21 heavy (non-hydrogen) atoms. The van der Waals surface area contributed by atoms with Gasteiger partial charge in [0.05, 0.1) is 5.56 Å². The second-order valence-electron chi connectivity index (χ2n) is 4.84. The Morgan fingerprint density at radius 3 is 2.43 bits per heavy atom. The first kappa shape index (κ1) is 13.1. The molecule has 1 aromatic carbocycles. The van der Waals surface area contributed by atoms with Crippen molar-refractivity contribution in [3.05, 3.63) is 78.4 Å². The Morgan fingerprint density at radius 2 is 1.76 bits per heavy atom. The molecule has 0 saturated carbocycles. The van der Waals surface area contributed by atoms with Gasteiger partial charge in [0, 0.05) is 36.9 Å². The molecule has 0 saturated heterocycles. The van der Waals surface area contributed by atoms with E-state index in [0.717, 1.165) is 16.7 Å². The van der Waals surface area contributed by atoms with Gasteiger partial charge >= 0.3 is 0 Å². The van der Waals surface area contributed by atoms with Gasteiger partial charge in [-0.25, -0.2) is 0 Å². The summed E-state index contributed by atoms with van der Waals surface area (Å²) < 4.78 is 1.97. The monoisotopic (exact) mass is 277 g/mol. The molecule has 0 fully saturated rings. The van der Waals surface area contributed by atoms with E-state index >= 15 is 0 Å². The summed E-state index contributed by atoms with van der Waals surface area (Å²) in [7, 11) is 0. The van der Waals surface area contributed by atoms with E-state index in [1.807, 2.05) is 53.2 Å². The number of carbonyl (C=O) groups excluding carboxylic acids is 1. The lowest BCUT2D eigenvalue weighted by molar-refractivity contribution is 0.100. The minimum absolute atomic E-state index is 0.415. The number of rotatable bonds is 4. The van der Waals surface area contributed by atoms with Gasteiger partial charge in [0.25, 0.3) is 5.91 Å². The van der Waals surface area contributed by atoms with E-state index in [1.165, 1.54) is 0 Å². The molecule has 0 bridgehead atoms. The number of primary amides is 1. The maximum atomic E-state index is 11.7. The number of carbonyl (C=O) groups is 1. The minimum atomic E-state index is -0.415. The molecule has 0 aliphatic heterocycles. The molecule has 4 nitrogen and oxygen atoms in total. The van der Waals surface area contributed by atoms with Crippen LogP contribution in [0, 0.1) is 0 Å². The molecule has 0 radical (unpaired) electrons. The summed E-state index contributed by atoms with van der Waals surface area (Å²) in [6, 6.07) is 13.7. The summed E-state index contributed by atoms with van der Waals surface area (Å²) in [5, 5.41) is 0. The number of aromatic nitrogens is 2. The predicted octanol–water partition coefficient (Wildman–Crippen LogP) is 2.70. The van der Waals surface area contributed by atoms with Crippen LogP contribution in [0.2, 0.25) is 0 Å². The van der Waals surface area contributed by atoms with E-state index in [0.29, 0.717) is 12.1 Å². The van der Waals surface area contributed by atoms with Crippen molar-refractivity contribution in [2.24, 2.45) is 5.73 Å². The summed E-state index contributed by atoms with van der Waals surface area (Å²) in [4.78, 5) is 15.7. The normalized spacial score (nSPS) is 10.5. The zero-order chi connectivity index (χ0) is 14.7. The van der Waals surface area contributed by atoms with Crippen LogP contribution < -0.4 is 5.73 Å². The van der Waals surface area contributed by atoms with Crippen molar-refractivity contribution in [3.8, 4) is 11.1 Å². The van der Waals surface area contributed by atoms with Crippen molar-refractivity contribution in [2.75, 3.05) is 0 Å². The van der Waals surface area contributed by atoms with Gasteiger partial charge in [0.1, 0.15) is 0 Å². The van der Waals surface area contributed by atoms with Crippen LogP contribution in [0.1, 0.15) is 15.9 Å². The molecule has 2 heterocycles. The Bertz CT molecular complexity index is 748. The Hall–Kier alpha value is -2.88. The lowest BCUT2D eigenvalue weighted by atomic mass is 10.0. The van der Waals surface area contributed by atoms with Crippen LogP contribution in [0.5, 0.6) is 0 Å². The molecule has 0 aliphatic carbocycles. The van der Waals surface area contributed by atoms with Gasteiger partial charge in [-0.2, -0.15) is 0 Å². The van der Waals surface area contributed by atoms with Crippen LogP contribution in [0.15, 0.2) is 67.3 Å². The average Bonchev–Trinajstić information content (AvgIpc) is 2.93. The second-order valence-corrected chi connectivity index (χ2v) is 4.84. The Balaban J connectivity index is 1.99. The molecule has 2 N–H and O–H groups in total. The molecule has 0 unspecified atom stereocenters. The van der Waals surface area contributed by atoms with Crippen LogP contribution in [-0.4, -0.2) is 15.5 Å². The fourth-order valence-electron chi connectivity index (χ4n) is 2.34.